The maximum atomic E-state index is 11.6. The largest absolute Gasteiger partial charge is 0.461 e. The number of carbonyl (C=O) groups excluding carboxylic acids is 1. The van der Waals surface area contributed by atoms with E-state index in [1.54, 1.807) is 13.0 Å². The highest BCUT2D eigenvalue weighted by molar-refractivity contribution is 5.88. The van der Waals surface area contributed by atoms with Crippen LogP contribution in [0.3, 0.4) is 0 Å². The fourth-order valence-corrected chi connectivity index (χ4v) is 2.39. The van der Waals surface area contributed by atoms with Crippen molar-refractivity contribution in [3.63, 3.8) is 0 Å². The highest BCUT2D eigenvalue weighted by Gasteiger charge is 2.24. The first kappa shape index (κ1) is 11.2. The normalized spacial score (nSPS) is 16.9. The molecule has 0 fully saturated rings. The van der Waals surface area contributed by atoms with E-state index in [4.69, 9.17) is 4.74 Å². The van der Waals surface area contributed by atoms with Crippen molar-refractivity contribution in [2.24, 2.45) is 0 Å². The second-order valence-corrected chi connectivity index (χ2v) is 4.37. The van der Waals surface area contributed by atoms with Crippen molar-refractivity contribution in [1.82, 2.24) is 15.8 Å². The lowest BCUT2D eigenvalue weighted by molar-refractivity contribution is 0.0519. The standard InChI is InChI=1S/C13H15N3O2/c1-2-18-13(17)11-6-4-9-10(15-11)5-3-8-7-14-16-12(8)9/h4,6,14,16H,2-3,5,7H2,1H3. The lowest BCUT2D eigenvalue weighted by atomic mass is 9.93. The molecule has 3 rings (SSSR count). The Morgan fingerprint density at radius 1 is 1.44 bits per heavy atom. The Bertz CT molecular complexity index is 537. The number of pyridine rings is 1. The van der Waals surface area contributed by atoms with E-state index in [9.17, 15) is 4.79 Å². The van der Waals surface area contributed by atoms with Gasteiger partial charge in [-0.05, 0) is 37.5 Å². The van der Waals surface area contributed by atoms with Crippen molar-refractivity contribution in [2.75, 3.05) is 13.2 Å². The molecule has 0 saturated heterocycles. The van der Waals surface area contributed by atoms with E-state index in [2.05, 4.69) is 15.8 Å². The van der Waals surface area contributed by atoms with Crippen LogP contribution in [-0.4, -0.2) is 24.1 Å². The molecule has 0 aromatic carbocycles. The maximum absolute atomic E-state index is 11.6. The van der Waals surface area contributed by atoms with E-state index < -0.39 is 0 Å². The van der Waals surface area contributed by atoms with E-state index >= 15 is 0 Å². The molecule has 0 spiro atoms. The number of nitrogens with zero attached hydrogens (tertiary/aromatic N) is 1. The van der Waals surface area contributed by atoms with Crippen molar-refractivity contribution in [3.8, 4) is 0 Å². The summed E-state index contributed by atoms with van der Waals surface area (Å²) in [5.41, 5.74) is 11.2. The number of aryl methyl sites for hydroxylation is 1. The number of rotatable bonds is 2. The number of esters is 1. The first-order chi connectivity index (χ1) is 8.79. The van der Waals surface area contributed by atoms with Gasteiger partial charge in [-0.15, -0.1) is 0 Å². The third-order valence-electron chi connectivity index (χ3n) is 3.26. The monoisotopic (exact) mass is 245 g/mol. The minimum atomic E-state index is -0.349. The molecule has 1 aliphatic heterocycles. The second-order valence-electron chi connectivity index (χ2n) is 4.37. The van der Waals surface area contributed by atoms with E-state index in [0.717, 1.165) is 36.3 Å². The smallest absolute Gasteiger partial charge is 0.356 e. The van der Waals surface area contributed by atoms with Gasteiger partial charge in [0, 0.05) is 12.1 Å². The van der Waals surface area contributed by atoms with Crippen LogP contribution in [0.25, 0.3) is 5.70 Å². The van der Waals surface area contributed by atoms with Gasteiger partial charge in [0.15, 0.2) is 0 Å². The SMILES string of the molecule is CCOC(=O)c1ccc2c(n1)CCC1=C2NNC1. The Kier molecular flexibility index (Phi) is 2.76. The van der Waals surface area contributed by atoms with Crippen LogP contribution in [-0.2, 0) is 11.2 Å². The lowest BCUT2D eigenvalue weighted by Crippen LogP contribution is -2.23. The number of fused-ring (bicyclic) bond motifs is 2. The van der Waals surface area contributed by atoms with Crippen LogP contribution >= 0.6 is 0 Å². The molecular formula is C13H15N3O2. The van der Waals surface area contributed by atoms with Crippen molar-refractivity contribution < 1.29 is 9.53 Å². The summed E-state index contributed by atoms with van der Waals surface area (Å²) in [6.45, 7) is 3.05. The first-order valence-corrected chi connectivity index (χ1v) is 6.18. The molecule has 1 aromatic rings. The van der Waals surface area contributed by atoms with Gasteiger partial charge >= 0.3 is 5.97 Å². The maximum Gasteiger partial charge on any atom is 0.356 e. The molecule has 1 aliphatic carbocycles. The fourth-order valence-electron chi connectivity index (χ4n) is 2.39. The second kappa shape index (κ2) is 4.42. The van der Waals surface area contributed by atoms with Crippen LogP contribution in [0.1, 0.15) is 35.1 Å². The Labute approximate surface area is 105 Å². The molecule has 0 saturated carbocycles. The van der Waals surface area contributed by atoms with Crippen LogP contribution in [0, 0.1) is 0 Å². The topological polar surface area (TPSA) is 63.2 Å². The molecule has 5 heteroatoms. The number of nitrogens with one attached hydrogen (secondary N) is 2. The lowest BCUT2D eigenvalue weighted by Gasteiger charge is -2.17. The Morgan fingerprint density at radius 2 is 2.33 bits per heavy atom. The van der Waals surface area contributed by atoms with Crippen LogP contribution in [0.5, 0.6) is 0 Å². The van der Waals surface area contributed by atoms with Crippen LogP contribution in [0.4, 0.5) is 0 Å². The minimum absolute atomic E-state index is 0.349. The fraction of sp³-hybridized carbons (Fsp3) is 0.385. The summed E-state index contributed by atoms with van der Waals surface area (Å²) >= 11 is 0. The van der Waals surface area contributed by atoms with Crippen molar-refractivity contribution in [2.45, 2.75) is 19.8 Å². The highest BCUT2D eigenvalue weighted by Crippen LogP contribution is 2.30. The summed E-state index contributed by atoms with van der Waals surface area (Å²) in [6, 6.07) is 3.68. The van der Waals surface area contributed by atoms with Crippen LogP contribution in [0.2, 0.25) is 0 Å². The van der Waals surface area contributed by atoms with Crippen LogP contribution < -0.4 is 10.9 Å². The van der Waals surface area contributed by atoms with Gasteiger partial charge < -0.3 is 10.2 Å². The zero-order valence-electron chi connectivity index (χ0n) is 10.2. The van der Waals surface area contributed by atoms with Gasteiger partial charge in [-0.1, -0.05) is 0 Å². The molecule has 0 atom stereocenters. The number of ether oxygens (including phenoxy) is 1. The predicted octanol–water partition coefficient (Wildman–Crippen LogP) is 1.02. The molecule has 2 heterocycles. The number of hydrogen-bond acceptors (Lipinski definition) is 5. The molecule has 0 radical (unpaired) electrons. The van der Waals surface area contributed by atoms with Gasteiger partial charge in [-0.25, -0.2) is 15.2 Å². The predicted molar refractivity (Wildman–Crippen MR) is 66.6 cm³/mol. The average molecular weight is 245 g/mol. The zero-order valence-corrected chi connectivity index (χ0v) is 10.2. The van der Waals surface area contributed by atoms with Gasteiger partial charge in [-0.2, -0.15) is 0 Å². The van der Waals surface area contributed by atoms with E-state index in [1.165, 1.54) is 5.57 Å². The van der Waals surface area contributed by atoms with Gasteiger partial charge in [0.2, 0.25) is 0 Å². The third-order valence-corrected chi connectivity index (χ3v) is 3.26. The third kappa shape index (κ3) is 1.76. The van der Waals surface area contributed by atoms with Crippen LogP contribution in [0.15, 0.2) is 17.7 Å². The molecule has 18 heavy (non-hydrogen) atoms. The average Bonchev–Trinajstić information content (AvgIpc) is 2.87. The van der Waals surface area contributed by atoms with Crippen molar-refractivity contribution >= 4 is 11.7 Å². The van der Waals surface area contributed by atoms with E-state index in [0.29, 0.717) is 12.3 Å². The molecule has 0 unspecified atom stereocenters. The molecule has 2 N–H and O–H groups in total. The van der Waals surface area contributed by atoms with Gasteiger partial charge in [0.25, 0.3) is 0 Å². The number of hydrazine groups is 1. The number of carbonyl (C=O) groups is 1. The molecule has 0 bridgehead atoms. The van der Waals surface area contributed by atoms with Gasteiger partial charge in [-0.3, -0.25) is 0 Å². The van der Waals surface area contributed by atoms with Crippen molar-refractivity contribution in [1.29, 1.82) is 0 Å². The number of hydrogen-bond donors (Lipinski definition) is 2. The summed E-state index contributed by atoms with van der Waals surface area (Å²) in [6.07, 6.45) is 1.87. The molecule has 1 aromatic heterocycles. The minimum Gasteiger partial charge on any atom is -0.461 e. The highest BCUT2D eigenvalue weighted by atomic mass is 16.5. The molecule has 0 amide bonds. The summed E-state index contributed by atoms with van der Waals surface area (Å²) < 4.78 is 4.96. The summed E-state index contributed by atoms with van der Waals surface area (Å²) in [5.74, 6) is -0.349. The quantitative estimate of drug-likeness (QED) is 0.762. The Balaban J connectivity index is 1.96. The first-order valence-electron chi connectivity index (χ1n) is 6.18. The molecular weight excluding hydrogens is 230 g/mol. The van der Waals surface area contributed by atoms with E-state index in [-0.39, 0.29) is 5.97 Å². The van der Waals surface area contributed by atoms with Gasteiger partial charge in [0.05, 0.1) is 18.0 Å². The van der Waals surface area contributed by atoms with Crippen molar-refractivity contribution in [3.05, 3.63) is 34.7 Å². The summed E-state index contributed by atoms with van der Waals surface area (Å²) in [5, 5.41) is 0. The van der Waals surface area contributed by atoms with E-state index in [1.807, 2.05) is 6.07 Å². The molecule has 5 nitrogen and oxygen atoms in total. The zero-order chi connectivity index (χ0) is 12.5. The summed E-state index contributed by atoms with van der Waals surface area (Å²) in [4.78, 5) is 16.0. The van der Waals surface area contributed by atoms with Gasteiger partial charge in [0.1, 0.15) is 5.69 Å². The number of aromatic nitrogens is 1. The Hall–Kier alpha value is -1.88. The summed E-state index contributed by atoms with van der Waals surface area (Å²) in [7, 11) is 0. The Morgan fingerprint density at radius 3 is 3.17 bits per heavy atom. The molecule has 94 valence electrons. The molecule has 2 aliphatic rings.